The maximum atomic E-state index is 5.67. The highest BCUT2D eigenvalue weighted by Gasteiger charge is 2.16. The molecule has 13 heavy (non-hydrogen) atoms. The molecule has 0 spiro atoms. The molecule has 0 saturated heterocycles. The lowest BCUT2D eigenvalue weighted by molar-refractivity contribution is -0.133. The molecule has 0 aliphatic carbocycles. The summed E-state index contributed by atoms with van der Waals surface area (Å²) in [5.41, 5.74) is 0. The van der Waals surface area contributed by atoms with E-state index in [2.05, 4.69) is 13.0 Å². The molecule has 0 aromatic heterocycles. The highest BCUT2D eigenvalue weighted by atomic mass is 16.7. The minimum absolute atomic E-state index is 0.111. The Morgan fingerprint density at radius 3 is 3.00 bits per heavy atom. The van der Waals surface area contributed by atoms with Crippen molar-refractivity contribution in [1.82, 2.24) is 0 Å². The molecule has 0 saturated carbocycles. The van der Waals surface area contributed by atoms with E-state index in [0.717, 1.165) is 12.8 Å². The second-order valence-electron chi connectivity index (χ2n) is 3.52. The average molecular weight is 184 g/mol. The Hall–Kier alpha value is -0.340. The quantitative estimate of drug-likeness (QED) is 0.483. The minimum atomic E-state index is -0.111. The monoisotopic (exact) mass is 184 g/mol. The summed E-state index contributed by atoms with van der Waals surface area (Å²) in [5, 5.41) is 0. The molecule has 1 heterocycles. The molecule has 2 heteroatoms. The van der Waals surface area contributed by atoms with Gasteiger partial charge in [0.1, 0.15) is 0 Å². The molecule has 1 rings (SSSR count). The predicted octanol–water partition coefficient (Wildman–Crippen LogP) is 2.88. The van der Waals surface area contributed by atoms with Crippen molar-refractivity contribution in [2.24, 2.45) is 0 Å². The van der Waals surface area contributed by atoms with Crippen LogP contribution in [0.25, 0.3) is 0 Å². The van der Waals surface area contributed by atoms with E-state index in [1.54, 1.807) is 7.11 Å². The van der Waals surface area contributed by atoms with Crippen LogP contribution in [-0.2, 0) is 9.47 Å². The SMILES string of the molecule is CCCCCC1CC=CC(OC)O1. The van der Waals surface area contributed by atoms with Gasteiger partial charge >= 0.3 is 0 Å². The Morgan fingerprint density at radius 2 is 2.31 bits per heavy atom. The smallest absolute Gasteiger partial charge is 0.176 e. The Balaban J connectivity index is 2.17. The van der Waals surface area contributed by atoms with Crippen LogP contribution in [0.5, 0.6) is 0 Å². The van der Waals surface area contributed by atoms with Gasteiger partial charge in [0.2, 0.25) is 0 Å². The number of hydrogen-bond donors (Lipinski definition) is 0. The van der Waals surface area contributed by atoms with Gasteiger partial charge in [0.15, 0.2) is 6.29 Å². The molecule has 0 amide bonds. The molecular weight excluding hydrogens is 164 g/mol. The fraction of sp³-hybridized carbons (Fsp3) is 0.818. The Kier molecular flexibility index (Phi) is 5.09. The molecular formula is C11H20O2. The lowest BCUT2D eigenvalue weighted by Gasteiger charge is -2.24. The van der Waals surface area contributed by atoms with Crippen LogP contribution in [0.4, 0.5) is 0 Å². The summed E-state index contributed by atoms with van der Waals surface area (Å²) in [6.45, 7) is 2.22. The van der Waals surface area contributed by atoms with E-state index in [9.17, 15) is 0 Å². The van der Waals surface area contributed by atoms with Crippen molar-refractivity contribution >= 4 is 0 Å². The first-order valence-electron chi connectivity index (χ1n) is 5.21. The third-order valence-electron chi connectivity index (χ3n) is 2.38. The molecule has 0 N–H and O–H groups in total. The van der Waals surface area contributed by atoms with Gasteiger partial charge in [0.05, 0.1) is 6.10 Å². The first-order chi connectivity index (χ1) is 6.36. The predicted molar refractivity (Wildman–Crippen MR) is 53.6 cm³/mol. The normalized spacial score (nSPS) is 27.8. The molecule has 2 nitrogen and oxygen atoms in total. The van der Waals surface area contributed by atoms with Gasteiger partial charge in [-0.1, -0.05) is 32.3 Å². The molecule has 2 atom stereocenters. The van der Waals surface area contributed by atoms with E-state index in [-0.39, 0.29) is 6.29 Å². The van der Waals surface area contributed by atoms with Gasteiger partial charge in [-0.3, -0.25) is 0 Å². The van der Waals surface area contributed by atoms with Gasteiger partial charge in [0.25, 0.3) is 0 Å². The largest absolute Gasteiger partial charge is 0.352 e. The van der Waals surface area contributed by atoms with Crippen LogP contribution in [-0.4, -0.2) is 19.5 Å². The minimum Gasteiger partial charge on any atom is -0.352 e. The van der Waals surface area contributed by atoms with Crippen molar-refractivity contribution in [2.45, 2.75) is 51.4 Å². The van der Waals surface area contributed by atoms with Crippen LogP contribution < -0.4 is 0 Å². The molecule has 0 aromatic rings. The molecule has 0 fully saturated rings. The Morgan fingerprint density at radius 1 is 1.46 bits per heavy atom. The molecule has 0 bridgehead atoms. The second kappa shape index (κ2) is 6.17. The summed E-state index contributed by atoms with van der Waals surface area (Å²) < 4.78 is 10.8. The van der Waals surface area contributed by atoms with Crippen LogP contribution in [0.15, 0.2) is 12.2 Å². The molecule has 2 unspecified atom stereocenters. The first-order valence-corrected chi connectivity index (χ1v) is 5.21. The van der Waals surface area contributed by atoms with E-state index >= 15 is 0 Å². The highest BCUT2D eigenvalue weighted by molar-refractivity contribution is 4.92. The van der Waals surface area contributed by atoms with Gasteiger partial charge in [-0.2, -0.15) is 0 Å². The van der Waals surface area contributed by atoms with Gasteiger partial charge in [0, 0.05) is 7.11 Å². The molecule has 0 aromatic carbocycles. The zero-order valence-corrected chi connectivity index (χ0v) is 8.66. The fourth-order valence-electron chi connectivity index (χ4n) is 1.57. The summed E-state index contributed by atoms with van der Waals surface area (Å²) >= 11 is 0. The summed E-state index contributed by atoms with van der Waals surface area (Å²) in [6.07, 6.45) is 10.5. The van der Waals surface area contributed by atoms with E-state index in [0.29, 0.717) is 6.10 Å². The Bertz CT molecular complexity index is 154. The zero-order chi connectivity index (χ0) is 9.52. The van der Waals surface area contributed by atoms with Crippen molar-refractivity contribution in [3.8, 4) is 0 Å². The van der Waals surface area contributed by atoms with Gasteiger partial charge in [-0.05, 0) is 18.9 Å². The van der Waals surface area contributed by atoms with Gasteiger partial charge in [-0.25, -0.2) is 0 Å². The van der Waals surface area contributed by atoms with E-state index < -0.39 is 0 Å². The van der Waals surface area contributed by atoms with Crippen molar-refractivity contribution < 1.29 is 9.47 Å². The van der Waals surface area contributed by atoms with Crippen molar-refractivity contribution in [1.29, 1.82) is 0 Å². The maximum absolute atomic E-state index is 5.67. The topological polar surface area (TPSA) is 18.5 Å². The Labute approximate surface area is 80.9 Å². The van der Waals surface area contributed by atoms with E-state index in [4.69, 9.17) is 9.47 Å². The summed E-state index contributed by atoms with van der Waals surface area (Å²) in [5.74, 6) is 0. The second-order valence-corrected chi connectivity index (χ2v) is 3.52. The average Bonchev–Trinajstić information content (AvgIpc) is 2.19. The number of methoxy groups -OCH3 is 1. The molecule has 1 aliphatic heterocycles. The van der Waals surface area contributed by atoms with Crippen LogP contribution in [0.2, 0.25) is 0 Å². The number of unbranched alkanes of at least 4 members (excludes halogenated alkanes) is 2. The maximum Gasteiger partial charge on any atom is 0.176 e. The fourth-order valence-corrected chi connectivity index (χ4v) is 1.57. The van der Waals surface area contributed by atoms with Crippen molar-refractivity contribution in [3.63, 3.8) is 0 Å². The molecule has 76 valence electrons. The number of hydrogen-bond acceptors (Lipinski definition) is 2. The van der Waals surface area contributed by atoms with Crippen molar-refractivity contribution in [2.75, 3.05) is 7.11 Å². The van der Waals surface area contributed by atoms with Crippen LogP contribution >= 0.6 is 0 Å². The lowest BCUT2D eigenvalue weighted by Crippen LogP contribution is -2.25. The van der Waals surface area contributed by atoms with E-state index in [1.165, 1.54) is 19.3 Å². The standard InChI is InChI=1S/C11H20O2/c1-3-4-5-7-10-8-6-9-11(12-2)13-10/h6,9-11H,3-5,7-8H2,1-2H3. The van der Waals surface area contributed by atoms with Gasteiger partial charge < -0.3 is 9.47 Å². The van der Waals surface area contributed by atoms with Crippen LogP contribution in [0, 0.1) is 0 Å². The molecule has 0 radical (unpaired) electrons. The summed E-state index contributed by atoms with van der Waals surface area (Å²) in [7, 11) is 1.68. The number of ether oxygens (including phenoxy) is 2. The number of rotatable bonds is 5. The van der Waals surface area contributed by atoms with Crippen LogP contribution in [0.3, 0.4) is 0 Å². The third kappa shape index (κ3) is 3.92. The third-order valence-corrected chi connectivity index (χ3v) is 2.38. The van der Waals surface area contributed by atoms with Crippen molar-refractivity contribution in [3.05, 3.63) is 12.2 Å². The zero-order valence-electron chi connectivity index (χ0n) is 8.66. The summed E-state index contributed by atoms with van der Waals surface area (Å²) in [6, 6.07) is 0. The van der Waals surface area contributed by atoms with Crippen LogP contribution in [0.1, 0.15) is 39.0 Å². The highest BCUT2D eigenvalue weighted by Crippen LogP contribution is 2.17. The van der Waals surface area contributed by atoms with E-state index in [1.807, 2.05) is 6.08 Å². The molecule has 1 aliphatic rings. The summed E-state index contributed by atoms with van der Waals surface area (Å²) in [4.78, 5) is 0. The first kappa shape index (κ1) is 10.7. The lowest BCUT2D eigenvalue weighted by atomic mass is 10.1. The van der Waals surface area contributed by atoms with Gasteiger partial charge in [-0.15, -0.1) is 0 Å².